The van der Waals surface area contributed by atoms with Gasteiger partial charge in [-0.2, -0.15) is 5.10 Å². The fraction of sp³-hybridized carbons (Fsp3) is 0.409. The van der Waals surface area contributed by atoms with Crippen LogP contribution in [0.4, 0.5) is 5.69 Å². The first-order chi connectivity index (χ1) is 13.1. The van der Waals surface area contributed by atoms with Crippen LogP contribution in [-0.2, 0) is 6.42 Å². The first-order valence-corrected chi connectivity index (χ1v) is 10.1. The van der Waals surface area contributed by atoms with E-state index >= 15 is 0 Å². The third-order valence-electron chi connectivity index (χ3n) is 4.79. The summed E-state index contributed by atoms with van der Waals surface area (Å²) in [5, 5.41) is 5.62. The predicted octanol–water partition coefficient (Wildman–Crippen LogP) is 5.85. The number of hydrogen-bond donors (Lipinski definition) is 0. The summed E-state index contributed by atoms with van der Waals surface area (Å²) in [5.41, 5.74) is 5.48. The molecule has 2 aromatic heterocycles. The van der Waals surface area contributed by atoms with Crippen LogP contribution >= 0.6 is 11.6 Å². The maximum atomic E-state index is 6.55. The second kappa shape index (κ2) is 8.66. The molecule has 0 aliphatic rings. The molecule has 0 spiro atoms. The maximum Gasteiger partial charge on any atom is 0.120 e. The van der Waals surface area contributed by atoms with E-state index < -0.39 is 0 Å². The third-order valence-corrected chi connectivity index (χ3v) is 5.10. The van der Waals surface area contributed by atoms with E-state index in [-0.39, 0.29) is 0 Å². The van der Waals surface area contributed by atoms with Gasteiger partial charge in [0.1, 0.15) is 5.75 Å². The molecule has 0 atom stereocenters. The van der Waals surface area contributed by atoms with Gasteiger partial charge < -0.3 is 9.64 Å². The summed E-state index contributed by atoms with van der Waals surface area (Å²) >= 11 is 6.55. The number of ether oxygens (including phenoxy) is 1. The Morgan fingerprint density at radius 2 is 1.81 bits per heavy atom. The Bertz CT molecular complexity index is 913. The Labute approximate surface area is 166 Å². The zero-order valence-corrected chi connectivity index (χ0v) is 17.4. The smallest absolute Gasteiger partial charge is 0.120 e. The van der Waals surface area contributed by atoms with Crippen LogP contribution in [0.25, 0.3) is 16.8 Å². The molecule has 2 heterocycles. The average molecular weight is 386 g/mol. The Hall–Kier alpha value is -2.20. The van der Waals surface area contributed by atoms with Crippen molar-refractivity contribution in [2.24, 2.45) is 0 Å². The molecule has 0 fully saturated rings. The van der Waals surface area contributed by atoms with E-state index in [0.717, 1.165) is 60.6 Å². The average Bonchev–Trinajstić information content (AvgIpc) is 3.06. The molecule has 0 N–H and O–H groups in total. The molecular formula is C22H28ClN3O. The number of rotatable bonds is 8. The fourth-order valence-electron chi connectivity index (χ4n) is 3.60. The summed E-state index contributed by atoms with van der Waals surface area (Å²) < 4.78 is 7.33. The topological polar surface area (TPSA) is 29.8 Å². The van der Waals surface area contributed by atoms with Gasteiger partial charge >= 0.3 is 0 Å². The summed E-state index contributed by atoms with van der Waals surface area (Å²) in [6.07, 6.45) is 3.13. The van der Waals surface area contributed by atoms with Gasteiger partial charge in [0.2, 0.25) is 0 Å². The summed E-state index contributed by atoms with van der Waals surface area (Å²) in [6, 6.07) is 12.1. The van der Waals surface area contributed by atoms with E-state index in [2.05, 4.69) is 43.9 Å². The number of anilines is 1. The van der Waals surface area contributed by atoms with Gasteiger partial charge in [-0.15, -0.1) is 0 Å². The van der Waals surface area contributed by atoms with E-state index in [0.29, 0.717) is 5.02 Å². The van der Waals surface area contributed by atoms with Crippen LogP contribution in [0.5, 0.6) is 5.75 Å². The summed E-state index contributed by atoms with van der Waals surface area (Å²) in [7, 11) is 1.65. The monoisotopic (exact) mass is 385 g/mol. The van der Waals surface area contributed by atoms with E-state index in [9.17, 15) is 0 Å². The van der Waals surface area contributed by atoms with Crippen molar-refractivity contribution in [3.63, 3.8) is 0 Å². The third kappa shape index (κ3) is 3.77. The minimum Gasteiger partial charge on any atom is -0.497 e. The highest BCUT2D eigenvalue weighted by Crippen LogP contribution is 2.35. The molecular weight excluding hydrogens is 358 g/mol. The van der Waals surface area contributed by atoms with Crippen LogP contribution in [0.3, 0.4) is 0 Å². The number of halogens is 1. The molecule has 0 saturated carbocycles. The van der Waals surface area contributed by atoms with E-state index in [1.165, 1.54) is 5.69 Å². The SMILES string of the molecule is CCCN(CCC)c1c(CC)nn2c(-c3ccc(OC)cc3Cl)cccc12. The molecule has 3 rings (SSSR count). The fourth-order valence-corrected chi connectivity index (χ4v) is 3.86. The van der Waals surface area contributed by atoms with Crippen molar-refractivity contribution < 1.29 is 4.74 Å². The largest absolute Gasteiger partial charge is 0.497 e. The number of fused-ring (bicyclic) bond motifs is 1. The lowest BCUT2D eigenvalue weighted by atomic mass is 10.1. The van der Waals surface area contributed by atoms with Crippen molar-refractivity contribution in [2.45, 2.75) is 40.0 Å². The molecule has 0 bridgehead atoms. The summed E-state index contributed by atoms with van der Waals surface area (Å²) in [5.74, 6) is 0.753. The molecule has 0 amide bonds. The van der Waals surface area contributed by atoms with Crippen LogP contribution in [-0.4, -0.2) is 29.8 Å². The number of aromatic nitrogens is 2. The van der Waals surface area contributed by atoms with Crippen molar-refractivity contribution in [1.29, 1.82) is 0 Å². The molecule has 144 valence electrons. The van der Waals surface area contributed by atoms with E-state index in [4.69, 9.17) is 21.4 Å². The number of hydrogen-bond acceptors (Lipinski definition) is 3. The quantitative estimate of drug-likeness (QED) is 0.487. The maximum absolute atomic E-state index is 6.55. The number of pyridine rings is 1. The molecule has 3 aromatic rings. The van der Waals surface area contributed by atoms with E-state index in [1.807, 2.05) is 22.7 Å². The van der Waals surface area contributed by atoms with Gasteiger partial charge in [-0.1, -0.05) is 38.4 Å². The molecule has 0 radical (unpaired) electrons. The van der Waals surface area contributed by atoms with Gasteiger partial charge in [0.25, 0.3) is 0 Å². The highest BCUT2D eigenvalue weighted by atomic mass is 35.5. The zero-order chi connectivity index (χ0) is 19.4. The van der Waals surface area contributed by atoms with Crippen LogP contribution in [0.2, 0.25) is 5.02 Å². The second-order valence-corrected chi connectivity index (χ2v) is 7.10. The van der Waals surface area contributed by atoms with Gasteiger partial charge in [0, 0.05) is 18.7 Å². The molecule has 0 aliphatic heterocycles. The summed E-state index contributed by atoms with van der Waals surface area (Å²) in [4.78, 5) is 2.47. The zero-order valence-electron chi connectivity index (χ0n) is 16.6. The number of nitrogens with zero attached hydrogens (tertiary/aromatic N) is 3. The lowest BCUT2D eigenvalue weighted by molar-refractivity contribution is 0.415. The highest BCUT2D eigenvalue weighted by molar-refractivity contribution is 6.33. The number of aryl methyl sites for hydroxylation is 1. The molecule has 0 aliphatic carbocycles. The minimum atomic E-state index is 0.663. The number of benzene rings is 1. The Balaban J connectivity index is 2.20. The summed E-state index contributed by atoms with van der Waals surface area (Å²) in [6.45, 7) is 8.69. The normalized spacial score (nSPS) is 11.1. The first-order valence-electron chi connectivity index (χ1n) is 9.74. The van der Waals surface area contributed by atoms with E-state index in [1.54, 1.807) is 7.11 Å². The highest BCUT2D eigenvalue weighted by Gasteiger charge is 2.19. The number of methoxy groups -OCH3 is 1. The van der Waals surface area contributed by atoms with Crippen LogP contribution in [0.1, 0.15) is 39.3 Å². The molecule has 1 aromatic carbocycles. The first kappa shape index (κ1) is 19.6. The minimum absolute atomic E-state index is 0.663. The van der Waals surface area contributed by atoms with Crippen LogP contribution < -0.4 is 9.64 Å². The van der Waals surface area contributed by atoms with Crippen molar-refractivity contribution in [3.05, 3.63) is 47.1 Å². The van der Waals surface area contributed by atoms with Crippen molar-refractivity contribution in [3.8, 4) is 17.0 Å². The van der Waals surface area contributed by atoms with Crippen molar-refractivity contribution in [1.82, 2.24) is 9.61 Å². The van der Waals surface area contributed by atoms with Crippen LogP contribution in [0.15, 0.2) is 36.4 Å². The van der Waals surface area contributed by atoms with Gasteiger partial charge in [0.15, 0.2) is 0 Å². The molecule has 5 heteroatoms. The Morgan fingerprint density at radius 1 is 1.07 bits per heavy atom. The second-order valence-electron chi connectivity index (χ2n) is 6.69. The van der Waals surface area contributed by atoms with Crippen LogP contribution in [0, 0.1) is 0 Å². The van der Waals surface area contributed by atoms with Gasteiger partial charge in [-0.3, -0.25) is 0 Å². The Kier molecular flexibility index (Phi) is 6.27. The lowest BCUT2D eigenvalue weighted by Gasteiger charge is -2.24. The lowest BCUT2D eigenvalue weighted by Crippen LogP contribution is -2.25. The molecule has 0 unspecified atom stereocenters. The molecule has 27 heavy (non-hydrogen) atoms. The van der Waals surface area contributed by atoms with Crippen molar-refractivity contribution in [2.75, 3.05) is 25.1 Å². The standard InChI is InChI=1S/C22H28ClN3O/c1-5-13-25(14-6-2)22-19(7-3)24-26-20(9-8-10-21(22)26)17-12-11-16(27-4)15-18(17)23/h8-12,15H,5-7,13-14H2,1-4H3. The predicted molar refractivity (Wildman–Crippen MR) is 114 cm³/mol. The molecule has 0 saturated heterocycles. The van der Waals surface area contributed by atoms with Gasteiger partial charge in [-0.05, 0) is 49.6 Å². The van der Waals surface area contributed by atoms with Gasteiger partial charge in [-0.25, -0.2) is 4.52 Å². The molecule has 4 nitrogen and oxygen atoms in total. The van der Waals surface area contributed by atoms with Crippen molar-refractivity contribution >= 4 is 22.8 Å². The van der Waals surface area contributed by atoms with Gasteiger partial charge in [0.05, 0.1) is 34.7 Å². The Morgan fingerprint density at radius 3 is 2.41 bits per heavy atom.